The molecule has 0 aromatic heterocycles. The number of nitrogens with zero attached hydrogens (tertiary/aromatic N) is 1. The van der Waals surface area contributed by atoms with Gasteiger partial charge in [-0.15, -0.1) is 0 Å². The van der Waals surface area contributed by atoms with Gasteiger partial charge in [0.05, 0.1) is 12.2 Å². The summed E-state index contributed by atoms with van der Waals surface area (Å²) < 4.78 is 5.99. The molecule has 2 rings (SSSR count). The summed E-state index contributed by atoms with van der Waals surface area (Å²) in [4.78, 5) is 2.63. The minimum atomic E-state index is 0.312. The van der Waals surface area contributed by atoms with E-state index in [4.69, 9.17) is 4.74 Å². The Morgan fingerprint density at radius 1 is 1.09 bits per heavy atom. The van der Waals surface area contributed by atoms with Crippen LogP contribution in [0.5, 0.6) is 5.75 Å². The van der Waals surface area contributed by atoms with Crippen molar-refractivity contribution in [3.63, 3.8) is 0 Å². The van der Waals surface area contributed by atoms with Crippen LogP contribution in [0.1, 0.15) is 58.4 Å². The molecule has 0 radical (unpaired) electrons. The number of hydrogen-bond acceptors (Lipinski definition) is 3. The van der Waals surface area contributed by atoms with Crippen molar-refractivity contribution >= 4 is 5.69 Å². The smallest absolute Gasteiger partial charge is 0.142 e. The number of nitrogens with one attached hydrogen (secondary N) is 1. The fourth-order valence-electron chi connectivity index (χ4n) is 3.03. The van der Waals surface area contributed by atoms with Crippen molar-refractivity contribution in [3.05, 3.63) is 23.8 Å². The van der Waals surface area contributed by atoms with Crippen molar-refractivity contribution in [1.82, 2.24) is 4.90 Å². The highest BCUT2D eigenvalue weighted by molar-refractivity contribution is 5.59. The van der Waals surface area contributed by atoms with Gasteiger partial charge in [0, 0.05) is 6.54 Å². The molecule has 1 unspecified atom stereocenters. The van der Waals surface area contributed by atoms with Gasteiger partial charge in [-0.25, -0.2) is 0 Å². The van der Waals surface area contributed by atoms with E-state index in [1.807, 2.05) is 0 Å². The summed E-state index contributed by atoms with van der Waals surface area (Å²) in [5, 5.41) is 3.52. The minimum Gasteiger partial charge on any atom is -0.486 e. The van der Waals surface area contributed by atoms with Crippen LogP contribution >= 0.6 is 0 Å². The first-order chi connectivity index (χ1) is 11.3. The number of anilines is 1. The first-order valence-corrected chi connectivity index (χ1v) is 9.52. The summed E-state index contributed by atoms with van der Waals surface area (Å²) in [6.07, 6.45) is 7.66. The molecule has 3 nitrogen and oxygen atoms in total. The Hall–Kier alpha value is -1.22. The van der Waals surface area contributed by atoms with E-state index >= 15 is 0 Å². The Bertz CT molecular complexity index is 453. The molecule has 1 heterocycles. The highest BCUT2D eigenvalue weighted by Crippen LogP contribution is 2.30. The van der Waals surface area contributed by atoms with Crippen LogP contribution in [0.15, 0.2) is 18.2 Å². The molecule has 0 amide bonds. The SMILES string of the molecule is CCCCN(CCCC)CCc1ccc2c(c1)NCC(CC)O2. The van der Waals surface area contributed by atoms with E-state index in [1.54, 1.807) is 0 Å². The second-order valence-corrected chi connectivity index (χ2v) is 6.66. The second kappa shape index (κ2) is 9.82. The standard InChI is InChI=1S/C20H34N2O/c1-4-7-12-22(13-8-5-2)14-11-17-9-10-20-19(15-17)21-16-18(6-3)23-20/h9-10,15,18,21H,4-8,11-14,16H2,1-3H3. The molecule has 1 aromatic rings. The number of benzene rings is 1. The molecule has 3 heteroatoms. The average molecular weight is 319 g/mol. The molecule has 0 spiro atoms. The van der Waals surface area contributed by atoms with Crippen LogP contribution in [0.2, 0.25) is 0 Å². The summed E-state index contributed by atoms with van der Waals surface area (Å²) in [5.41, 5.74) is 2.58. The van der Waals surface area contributed by atoms with E-state index < -0.39 is 0 Å². The van der Waals surface area contributed by atoms with Gasteiger partial charge >= 0.3 is 0 Å². The molecule has 23 heavy (non-hydrogen) atoms. The average Bonchev–Trinajstić information content (AvgIpc) is 2.60. The molecule has 1 N–H and O–H groups in total. The molecule has 0 bridgehead atoms. The van der Waals surface area contributed by atoms with E-state index in [-0.39, 0.29) is 0 Å². The van der Waals surface area contributed by atoms with Gasteiger partial charge in [-0.05, 0) is 56.5 Å². The highest BCUT2D eigenvalue weighted by atomic mass is 16.5. The summed E-state index contributed by atoms with van der Waals surface area (Å²) >= 11 is 0. The zero-order chi connectivity index (χ0) is 16.5. The minimum absolute atomic E-state index is 0.312. The maximum atomic E-state index is 5.99. The summed E-state index contributed by atoms with van der Waals surface area (Å²) in [5.74, 6) is 1.01. The van der Waals surface area contributed by atoms with Crippen LogP contribution in [0.3, 0.4) is 0 Å². The second-order valence-electron chi connectivity index (χ2n) is 6.66. The lowest BCUT2D eigenvalue weighted by molar-refractivity contribution is 0.201. The number of hydrogen-bond donors (Lipinski definition) is 1. The Morgan fingerprint density at radius 3 is 2.48 bits per heavy atom. The van der Waals surface area contributed by atoms with Gasteiger partial charge in [-0.1, -0.05) is 39.7 Å². The fourth-order valence-corrected chi connectivity index (χ4v) is 3.03. The van der Waals surface area contributed by atoms with Crippen LogP contribution in [-0.4, -0.2) is 37.2 Å². The number of unbranched alkanes of at least 4 members (excludes halogenated alkanes) is 2. The van der Waals surface area contributed by atoms with Gasteiger partial charge in [0.1, 0.15) is 11.9 Å². The fraction of sp³-hybridized carbons (Fsp3) is 0.700. The molecule has 130 valence electrons. The van der Waals surface area contributed by atoms with Gasteiger partial charge < -0.3 is 15.0 Å². The van der Waals surface area contributed by atoms with Crippen LogP contribution in [0, 0.1) is 0 Å². The molecule has 0 aliphatic carbocycles. The van der Waals surface area contributed by atoms with E-state index in [1.165, 1.54) is 50.0 Å². The van der Waals surface area contributed by atoms with Crippen LogP contribution in [-0.2, 0) is 6.42 Å². The maximum absolute atomic E-state index is 5.99. The number of ether oxygens (including phenoxy) is 1. The topological polar surface area (TPSA) is 24.5 Å². The monoisotopic (exact) mass is 318 g/mol. The van der Waals surface area contributed by atoms with E-state index in [0.29, 0.717) is 6.10 Å². The van der Waals surface area contributed by atoms with E-state index in [2.05, 4.69) is 49.2 Å². The van der Waals surface area contributed by atoms with Crippen molar-refractivity contribution in [1.29, 1.82) is 0 Å². The van der Waals surface area contributed by atoms with Gasteiger partial charge in [0.15, 0.2) is 0 Å². The highest BCUT2D eigenvalue weighted by Gasteiger charge is 2.17. The predicted molar refractivity (Wildman–Crippen MR) is 99.6 cm³/mol. The van der Waals surface area contributed by atoms with Crippen molar-refractivity contribution < 1.29 is 4.74 Å². The largest absolute Gasteiger partial charge is 0.486 e. The molecule has 1 aliphatic rings. The van der Waals surface area contributed by atoms with E-state index in [0.717, 1.165) is 31.7 Å². The molecule has 1 aliphatic heterocycles. The lowest BCUT2D eigenvalue weighted by atomic mass is 10.1. The van der Waals surface area contributed by atoms with E-state index in [9.17, 15) is 0 Å². The van der Waals surface area contributed by atoms with Crippen LogP contribution in [0.4, 0.5) is 5.69 Å². The zero-order valence-electron chi connectivity index (χ0n) is 15.2. The summed E-state index contributed by atoms with van der Waals surface area (Å²) in [7, 11) is 0. The molecule has 0 saturated carbocycles. The third-order valence-electron chi connectivity index (χ3n) is 4.69. The van der Waals surface area contributed by atoms with Gasteiger partial charge in [-0.2, -0.15) is 0 Å². The number of fused-ring (bicyclic) bond motifs is 1. The van der Waals surface area contributed by atoms with Gasteiger partial charge in [-0.3, -0.25) is 0 Å². The summed E-state index contributed by atoms with van der Waals surface area (Å²) in [6, 6.07) is 6.65. The van der Waals surface area contributed by atoms with Crippen molar-refractivity contribution in [2.45, 2.75) is 65.4 Å². The van der Waals surface area contributed by atoms with Gasteiger partial charge in [0.2, 0.25) is 0 Å². The van der Waals surface area contributed by atoms with Gasteiger partial charge in [0.25, 0.3) is 0 Å². The molecule has 1 aromatic carbocycles. The third kappa shape index (κ3) is 5.72. The Kier molecular flexibility index (Phi) is 7.73. The molecule has 0 fully saturated rings. The Morgan fingerprint density at radius 2 is 1.83 bits per heavy atom. The zero-order valence-corrected chi connectivity index (χ0v) is 15.2. The Balaban J connectivity index is 1.89. The Labute approximate surface area is 142 Å². The molecule has 1 atom stereocenters. The third-order valence-corrected chi connectivity index (χ3v) is 4.69. The lowest BCUT2D eigenvalue weighted by Crippen LogP contribution is -2.30. The molecular weight excluding hydrogens is 284 g/mol. The van der Waals surface area contributed by atoms with Crippen molar-refractivity contribution in [3.8, 4) is 5.75 Å². The first kappa shape index (κ1) is 18.1. The number of rotatable bonds is 10. The quantitative estimate of drug-likeness (QED) is 0.676. The summed E-state index contributed by atoms with van der Waals surface area (Å²) in [6.45, 7) is 11.3. The molecular formula is C20H34N2O. The molecule has 0 saturated heterocycles. The van der Waals surface area contributed by atoms with Crippen LogP contribution < -0.4 is 10.1 Å². The van der Waals surface area contributed by atoms with Crippen molar-refractivity contribution in [2.24, 2.45) is 0 Å². The van der Waals surface area contributed by atoms with Crippen LogP contribution in [0.25, 0.3) is 0 Å². The predicted octanol–water partition coefficient (Wildman–Crippen LogP) is 4.71. The first-order valence-electron chi connectivity index (χ1n) is 9.52. The normalized spacial score (nSPS) is 16.8. The maximum Gasteiger partial charge on any atom is 0.142 e. The lowest BCUT2D eigenvalue weighted by Gasteiger charge is -2.27. The van der Waals surface area contributed by atoms with Crippen molar-refractivity contribution in [2.75, 3.05) is 31.5 Å².